The third-order valence-electron chi connectivity index (χ3n) is 4.84. The Morgan fingerprint density at radius 3 is 2.41 bits per heavy atom. The van der Waals surface area contributed by atoms with E-state index in [0.29, 0.717) is 10.6 Å². The summed E-state index contributed by atoms with van der Waals surface area (Å²) in [6.45, 7) is 0. The minimum absolute atomic E-state index is 0.399. The molecule has 1 amide bonds. The van der Waals surface area contributed by atoms with E-state index in [-0.39, 0.29) is 0 Å². The summed E-state index contributed by atoms with van der Waals surface area (Å²) in [4.78, 5) is 25.1. The first kappa shape index (κ1) is 20.7. The van der Waals surface area contributed by atoms with Crippen LogP contribution in [0, 0.1) is 17.2 Å². The van der Waals surface area contributed by atoms with Gasteiger partial charge < -0.3 is 10.1 Å². The van der Waals surface area contributed by atoms with Crippen molar-refractivity contribution >= 4 is 23.6 Å². The second-order valence-corrected chi connectivity index (χ2v) is 7.78. The second kappa shape index (κ2) is 9.94. The molecule has 148 valence electrons. The summed E-state index contributed by atoms with van der Waals surface area (Å²) >= 11 is 1.45. The Labute approximate surface area is 174 Å². The first-order chi connectivity index (χ1) is 14.2. The number of nitrogens with one attached hydrogen (secondary N) is 1. The van der Waals surface area contributed by atoms with Crippen LogP contribution >= 0.6 is 11.8 Å². The van der Waals surface area contributed by atoms with Gasteiger partial charge in [-0.1, -0.05) is 60.7 Å². The maximum absolute atomic E-state index is 12.7. The number of allylic oxidation sites excluding steroid dienone is 1. The van der Waals surface area contributed by atoms with Crippen LogP contribution in [0.2, 0.25) is 0 Å². The van der Waals surface area contributed by atoms with Crippen molar-refractivity contribution in [3.05, 3.63) is 82.4 Å². The molecule has 0 bridgehead atoms. The summed E-state index contributed by atoms with van der Waals surface area (Å²) in [6, 6.07) is 21.6. The van der Waals surface area contributed by atoms with Gasteiger partial charge in [-0.15, -0.1) is 11.8 Å². The van der Waals surface area contributed by atoms with Gasteiger partial charge in [0.05, 0.1) is 23.8 Å². The van der Waals surface area contributed by atoms with Crippen LogP contribution in [0.3, 0.4) is 0 Å². The van der Waals surface area contributed by atoms with E-state index in [9.17, 15) is 14.9 Å². The number of rotatable bonds is 7. The topological polar surface area (TPSA) is 79.2 Å². The highest BCUT2D eigenvalue weighted by atomic mass is 32.2. The van der Waals surface area contributed by atoms with Crippen molar-refractivity contribution < 1.29 is 14.3 Å². The number of carbonyl (C=O) groups is 2. The van der Waals surface area contributed by atoms with Crippen LogP contribution in [-0.2, 0) is 20.7 Å². The Morgan fingerprint density at radius 1 is 1.14 bits per heavy atom. The van der Waals surface area contributed by atoms with Gasteiger partial charge >= 0.3 is 5.97 Å². The zero-order valence-electron chi connectivity index (χ0n) is 16.1. The average molecular weight is 407 g/mol. The normalized spacial score (nSPS) is 18.7. The van der Waals surface area contributed by atoms with E-state index in [1.807, 2.05) is 48.5 Å². The van der Waals surface area contributed by atoms with Crippen molar-refractivity contribution in [3.8, 4) is 6.07 Å². The molecular weight excluding hydrogens is 384 g/mol. The van der Waals surface area contributed by atoms with E-state index in [2.05, 4.69) is 23.5 Å². The number of aryl methyl sites for hydroxylation is 1. The van der Waals surface area contributed by atoms with Crippen LogP contribution in [0.15, 0.2) is 71.3 Å². The molecule has 1 heterocycles. The van der Waals surface area contributed by atoms with Gasteiger partial charge in [0.25, 0.3) is 0 Å². The largest absolute Gasteiger partial charge is 0.468 e. The molecule has 0 aromatic heterocycles. The standard InChI is InChI=1S/C23H22N2O3S/c1-28-23(27)20-19(17-12-6-3-7-13-17)18(15-24)22(25-21(20)26)29-14-8-11-16-9-4-2-5-10-16/h2-7,9-10,12-13,19-20H,8,11,14H2,1H3,(H,25,26)/t19-,20+/m0/s1. The van der Waals surface area contributed by atoms with E-state index < -0.39 is 23.7 Å². The molecule has 0 radical (unpaired) electrons. The van der Waals surface area contributed by atoms with Gasteiger partial charge in [-0.2, -0.15) is 5.26 Å². The fraction of sp³-hybridized carbons (Fsp3) is 0.261. The number of ether oxygens (including phenoxy) is 1. The zero-order valence-corrected chi connectivity index (χ0v) is 16.9. The van der Waals surface area contributed by atoms with Gasteiger partial charge in [0.2, 0.25) is 5.91 Å². The van der Waals surface area contributed by atoms with Gasteiger partial charge in [-0.3, -0.25) is 9.59 Å². The molecule has 29 heavy (non-hydrogen) atoms. The van der Waals surface area contributed by atoms with E-state index >= 15 is 0 Å². The Hall–Kier alpha value is -3.04. The molecule has 0 aliphatic carbocycles. The molecule has 0 spiro atoms. The minimum atomic E-state index is -1.08. The molecule has 0 saturated heterocycles. The minimum Gasteiger partial charge on any atom is -0.468 e. The van der Waals surface area contributed by atoms with Crippen LogP contribution in [-0.4, -0.2) is 24.7 Å². The van der Waals surface area contributed by atoms with Crippen LogP contribution in [0.4, 0.5) is 0 Å². The summed E-state index contributed by atoms with van der Waals surface area (Å²) in [5.41, 5.74) is 2.40. The molecule has 5 nitrogen and oxygen atoms in total. The Bertz CT molecular complexity index is 936. The molecule has 0 unspecified atom stereocenters. The Morgan fingerprint density at radius 2 is 1.79 bits per heavy atom. The summed E-state index contributed by atoms with van der Waals surface area (Å²) in [7, 11) is 1.25. The highest BCUT2D eigenvalue weighted by molar-refractivity contribution is 8.03. The van der Waals surface area contributed by atoms with Crippen molar-refractivity contribution in [1.82, 2.24) is 5.32 Å². The van der Waals surface area contributed by atoms with Gasteiger partial charge in [0.15, 0.2) is 0 Å². The summed E-state index contributed by atoms with van der Waals surface area (Å²) in [6.07, 6.45) is 1.83. The molecule has 1 N–H and O–H groups in total. The Kier molecular flexibility index (Phi) is 7.09. The fourth-order valence-corrected chi connectivity index (χ4v) is 4.43. The zero-order chi connectivity index (χ0) is 20.6. The van der Waals surface area contributed by atoms with E-state index in [1.54, 1.807) is 0 Å². The van der Waals surface area contributed by atoms with Gasteiger partial charge in [-0.05, 0) is 29.7 Å². The molecule has 2 atom stereocenters. The van der Waals surface area contributed by atoms with Crippen LogP contribution in [0.25, 0.3) is 0 Å². The molecule has 2 aromatic carbocycles. The van der Waals surface area contributed by atoms with E-state index in [4.69, 9.17) is 4.74 Å². The average Bonchev–Trinajstić information content (AvgIpc) is 2.77. The lowest BCUT2D eigenvalue weighted by atomic mass is 9.78. The summed E-state index contributed by atoms with van der Waals surface area (Å²) < 4.78 is 4.85. The first-order valence-corrected chi connectivity index (χ1v) is 10.4. The first-order valence-electron chi connectivity index (χ1n) is 9.40. The summed E-state index contributed by atoms with van der Waals surface area (Å²) in [5.74, 6) is -2.06. The maximum Gasteiger partial charge on any atom is 0.319 e. The molecule has 0 fully saturated rings. The number of hydrogen-bond donors (Lipinski definition) is 1. The second-order valence-electron chi connectivity index (χ2n) is 6.67. The molecule has 1 aliphatic rings. The van der Waals surface area contributed by atoms with Crippen molar-refractivity contribution in [3.63, 3.8) is 0 Å². The number of hydrogen-bond acceptors (Lipinski definition) is 5. The van der Waals surface area contributed by atoms with Crippen LogP contribution in [0.1, 0.15) is 23.5 Å². The quantitative estimate of drug-likeness (QED) is 0.430. The van der Waals surface area contributed by atoms with Crippen molar-refractivity contribution in [2.75, 3.05) is 12.9 Å². The number of carbonyl (C=O) groups excluding carboxylic acids is 2. The fourth-order valence-electron chi connectivity index (χ4n) is 3.44. The van der Waals surface area contributed by atoms with Gasteiger partial charge in [0.1, 0.15) is 5.92 Å². The molecule has 0 saturated carbocycles. The van der Waals surface area contributed by atoms with Crippen molar-refractivity contribution in [1.29, 1.82) is 5.26 Å². The lowest BCUT2D eigenvalue weighted by molar-refractivity contribution is -0.150. The van der Waals surface area contributed by atoms with E-state index in [0.717, 1.165) is 24.2 Å². The molecule has 2 aromatic rings. The Balaban J connectivity index is 1.82. The molecular formula is C23H22N2O3S. The van der Waals surface area contributed by atoms with Gasteiger partial charge in [0, 0.05) is 5.92 Å². The summed E-state index contributed by atoms with van der Waals surface area (Å²) in [5, 5.41) is 13.2. The van der Waals surface area contributed by atoms with E-state index in [1.165, 1.54) is 24.4 Å². The third-order valence-corrected chi connectivity index (χ3v) is 5.94. The van der Waals surface area contributed by atoms with Crippen LogP contribution in [0.5, 0.6) is 0 Å². The highest BCUT2D eigenvalue weighted by Crippen LogP contribution is 2.40. The lowest BCUT2D eigenvalue weighted by Gasteiger charge is -2.31. The monoisotopic (exact) mass is 406 g/mol. The predicted octanol–water partition coefficient (Wildman–Crippen LogP) is 3.79. The van der Waals surface area contributed by atoms with Crippen molar-refractivity contribution in [2.45, 2.75) is 18.8 Å². The smallest absolute Gasteiger partial charge is 0.319 e. The molecule has 3 rings (SSSR count). The highest BCUT2D eigenvalue weighted by Gasteiger charge is 2.44. The lowest BCUT2D eigenvalue weighted by Crippen LogP contribution is -2.44. The number of nitriles is 1. The SMILES string of the molecule is COC(=O)[C@H]1C(=O)NC(SCCCc2ccccc2)=C(C#N)[C@@H]1c1ccccc1. The number of esters is 1. The number of amides is 1. The maximum atomic E-state index is 12.7. The molecule has 6 heteroatoms. The number of benzene rings is 2. The predicted molar refractivity (Wildman–Crippen MR) is 113 cm³/mol. The number of nitrogens with zero attached hydrogens (tertiary/aromatic N) is 1. The van der Waals surface area contributed by atoms with Crippen LogP contribution < -0.4 is 5.32 Å². The van der Waals surface area contributed by atoms with Gasteiger partial charge in [-0.25, -0.2) is 0 Å². The van der Waals surface area contributed by atoms with Crippen molar-refractivity contribution in [2.24, 2.45) is 5.92 Å². The molecule has 1 aliphatic heterocycles. The number of thioether (sulfide) groups is 1. The third kappa shape index (κ3) is 4.87. The number of methoxy groups -OCH3 is 1.